The van der Waals surface area contributed by atoms with Crippen LogP contribution in [0, 0.1) is 80.3 Å². The lowest BCUT2D eigenvalue weighted by Gasteiger charge is -2.41. The molecule has 8 fully saturated rings. The van der Waals surface area contributed by atoms with E-state index in [0.29, 0.717) is 69.0 Å². The van der Waals surface area contributed by atoms with Gasteiger partial charge in [0.1, 0.15) is 5.75 Å². The molecule has 83 heavy (non-hydrogen) atoms. The number of aromatic hydroxyl groups is 1. The van der Waals surface area contributed by atoms with Crippen LogP contribution in [0.1, 0.15) is 273 Å². The fourth-order valence-corrected chi connectivity index (χ4v) is 12.3. The summed E-state index contributed by atoms with van der Waals surface area (Å²) in [5.74, 6) is 7.91. The fourth-order valence-electron chi connectivity index (χ4n) is 12.3. The second kappa shape index (κ2) is 32.3. The summed E-state index contributed by atoms with van der Waals surface area (Å²) in [6.45, 7) is 51.6. The number of phenolic OH excluding ortho intramolecular Hbond substituents is 1. The van der Waals surface area contributed by atoms with Gasteiger partial charge in [-0.25, -0.2) is 0 Å². The molecule has 2 aromatic carbocycles. The van der Waals surface area contributed by atoms with Crippen LogP contribution in [0.4, 0.5) is 5.69 Å². The van der Waals surface area contributed by atoms with Crippen LogP contribution >= 0.6 is 0 Å². The average Bonchev–Trinajstić information content (AvgIpc) is 3.11. The Morgan fingerprint density at radius 2 is 0.759 bits per heavy atom. The predicted molar refractivity (Wildman–Crippen MR) is 362 cm³/mol. The fraction of sp³-hybridized carbons (Fsp3) is 0.838. The zero-order chi connectivity index (χ0) is 64.0. The zero-order valence-electron chi connectivity index (χ0n) is 58.5. The molecular formula is C74H140N6O3. The van der Waals surface area contributed by atoms with Crippen LogP contribution in [0.2, 0.25) is 0 Å². The Morgan fingerprint density at radius 3 is 0.988 bits per heavy atom. The molecule has 6 unspecified atom stereocenters. The molecule has 10 rings (SSSR count). The predicted octanol–water partition coefficient (Wildman–Crippen LogP) is 16.7. The van der Waals surface area contributed by atoms with Crippen molar-refractivity contribution in [2.75, 3.05) is 5.73 Å². The second-order valence-corrected chi connectivity index (χ2v) is 35.3. The van der Waals surface area contributed by atoms with Gasteiger partial charge in [0, 0.05) is 35.9 Å². The van der Waals surface area contributed by atoms with E-state index < -0.39 is 0 Å². The van der Waals surface area contributed by atoms with Crippen LogP contribution in [0.25, 0.3) is 0 Å². The number of nitrogen functional groups attached to an aromatic ring is 1. The van der Waals surface area contributed by atoms with Crippen molar-refractivity contribution in [3.63, 3.8) is 0 Å². The smallest absolute Gasteiger partial charge is 0.115 e. The minimum absolute atomic E-state index is 0.00854. The Bertz CT molecular complexity index is 1920. The minimum Gasteiger partial charge on any atom is -0.508 e. The maximum atomic E-state index is 9.02. The first-order chi connectivity index (χ1) is 37.6. The number of hydrogen-bond donors (Lipinski definition) is 9. The van der Waals surface area contributed by atoms with Crippen molar-refractivity contribution in [3.8, 4) is 5.75 Å². The highest BCUT2D eigenvalue weighted by molar-refractivity contribution is 5.41. The molecule has 0 aliphatic heterocycles. The first-order valence-electron chi connectivity index (χ1n) is 33.4. The molecule has 2 aromatic rings. The summed E-state index contributed by atoms with van der Waals surface area (Å²) in [6, 6.07) is 18.0. The van der Waals surface area contributed by atoms with Gasteiger partial charge in [-0.05, 0) is 216 Å². The number of anilines is 1. The number of aliphatic hydroxyl groups is 2. The van der Waals surface area contributed by atoms with Crippen molar-refractivity contribution >= 4 is 5.69 Å². The van der Waals surface area contributed by atoms with Gasteiger partial charge in [-0.1, -0.05) is 196 Å². The summed E-state index contributed by atoms with van der Waals surface area (Å²) < 4.78 is 0. The first kappa shape index (κ1) is 76.9. The summed E-state index contributed by atoms with van der Waals surface area (Å²) in [6.07, 6.45) is 20.0. The lowest BCUT2D eigenvalue weighted by molar-refractivity contribution is -0.00927. The van der Waals surface area contributed by atoms with Crippen LogP contribution in [-0.4, -0.2) is 57.7 Å². The molecule has 0 heterocycles. The first-order valence-corrected chi connectivity index (χ1v) is 33.4. The molecule has 8 aliphatic carbocycles. The van der Waals surface area contributed by atoms with Crippen LogP contribution in [-0.2, 0) is 10.8 Å². The standard InChI is InChI=1S/C10H19N.C10H15N.C10H14O.C8H17N.C8H16O.3C7H15N.C7H14O/c1-10(2,3)6-4-7-8(5-6)9(7)11;2*1-10(2,3)8-4-6-9(11)7-5-8;2*1-8(2,3)6-4-7(9)5-6;1-7(2,3)5-4-6(5)8;1-6-2-4-7(8)5-3-6;1-6-3-2-4-7(8)5-6;1-7(2,3)5-4-6(5)8/h6-9H,4-5,11H2,1-3H3;4-7H,11H2,1-3H3;4-7,11H,1-3H3;6-7H,4-5,9H2,1-3H3;6-7,9H,4-5H2,1-3H3;5-6H,4,8H2,1-3H3;2*6-7H,2-5,8H2,1H3;5-6,8H,4H2,1-3H3/t;;;;;;;6-,7+;/m.......1./s1. The highest BCUT2D eigenvalue weighted by Gasteiger charge is 2.55. The van der Waals surface area contributed by atoms with Crippen molar-refractivity contribution in [1.82, 2.24) is 0 Å². The number of aliphatic hydroxyl groups excluding tert-OH is 2. The molecule has 9 nitrogen and oxygen atoms in total. The van der Waals surface area contributed by atoms with E-state index in [9.17, 15) is 0 Å². The Morgan fingerprint density at radius 1 is 0.386 bits per heavy atom. The molecule has 0 bridgehead atoms. The summed E-state index contributed by atoms with van der Waals surface area (Å²) in [5.41, 5.74) is 40.2. The normalized spacial score (nSPS) is 32.3. The molecule has 8 atom stereocenters. The van der Waals surface area contributed by atoms with E-state index in [1.807, 2.05) is 24.3 Å². The van der Waals surface area contributed by atoms with Crippen LogP contribution < -0.4 is 34.4 Å². The van der Waals surface area contributed by atoms with Crippen molar-refractivity contribution < 1.29 is 15.3 Å². The molecular weight excluding hydrogens is 1020 g/mol. The van der Waals surface area contributed by atoms with Crippen LogP contribution in [0.3, 0.4) is 0 Å². The van der Waals surface area contributed by atoms with Crippen LogP contribution in [0.5, 0.6) is 5.75 Å². The average molecular weight is 1160 g/mol. The molecule has 8 aliphatic rings. The molecule has 8 saturated carbocycles. The van der Waals surface area contributed by atoms with Crippen molar-refractivity contribution in [3.05, 3.63) is 59.7 Å². The maximum absolute atomic E-state index is 9.02. The molecule has 9 heteroatoms. The number of benzene rings is 2. The molecule has 0 saturated heterocycles. The van der Waals surface area contributed by atoms with Crippen molar-refractivity contribution in [1.29, 1.82) is 0 Å². The molecule has 0 spiro atoms. The third-order valence-corrected chi connectivity index (χ3v) is 19.8. The Balaban J connectivity index is 0.000000320. The quantitative estimate of drug-likeness (QED) is 0.115. The van der Waals surface area contributed by atoms with Gasteiger partial charge in [-0.2, -0.15) is 0 Å². The van der Waals surface area contributed by atoms with Crippen molar-refractivity contribution in [2.45, 2.75) is 315 Å². The van der Waals surface area contributed by atoms with E-state index in [0.717, 1.165) is 72.3 Å². The zero-order valence-corrected chi connectivity index (χ0v) is 58.5. The number of phenols is 1. The summed E-state index contributed by atoms with van der Waals surface area (Å²) in [5, 5.41) is 27.0. The van der Waals surface area contributed by atoms with Gasteiger partial charge in [-0.15, -0.1) is 0 Å². The van der Waals surface area contributed by atoms with E-state index in [2.05, 4.69) is 171 Å². The lowest BCUT2D eigenvalue weighted by atomic mass is 9.66. The van der Waals surface area contributed by atoms with Gasteiger partial charge in [0.2, 0.25) is 0 Å². The lowest BCUT2D eigenvalue weighted by Crippen LogP contribution is -2.42. The van der Waals surface area contributed by atoms with Crippen LogP contribution in [0.15, 0.2) is 48.5 Å². The largest absolute Gasteiger partial charge is 0.508 e. The summed E-state index contributed by atoms with van der Waals surface area (Å²) in [7, 11) is 0. The maximum Gasteiger partial charge on any atom is 0.115 e. The Kier molecular flexibility index (Phi) is 29.9. The number of rotatable bonds is 0. The highest BCUT2D eigenvalue weighted by Crippen LogP contribution is 2.57. The molecule has 0 aromatic heterocycles. The Hall–Kier alpha value is -2.24. The minimum atomic E-state index is 0.00854. The van der Waals surface area contributed by atoms with Crippen molar-refractivity contribution in [2.24, 2.45) is 109 Å². The van der Waals surface area contributed by atoms with Gasteiger partial charge in [-0.3, -0.25) is 0 Å². The summed E-state index contributed by atoms with van der Waals surface area (Å²) >= 11 is 0. The number of hydrogen-bond acceptors (Lipinski definition) is 9. The van der Waals surface area contributed by atoms with Gasteiger partial charge in [0.25, 0.3) is 0 Å². The molecule has 15 N–H and O–H groups in total. The summed E-state index contributed by atoms with van der Waals surface area (Å²) in [4.78, 5) is 0. The monoisotopic (exact) mass is 1160 g/mol. The van der Waals surface area contributed by atoms with E-state index >= 15 is 0 Å². The molecule has 0 amide bonds. The van der Waals surface area contributed by atoms with E-state index in [4.69, 9.17) is 49.7 Å². The van der Waals surface area contributed by atoms with Gasteiger partial charge >= 0.3 is 0 Å². The number of fused-ring (bicyclic) bond motifs is 1. The Labute approximate surface area is 514 Å². The van der Waals surface area contributed by atoms with Gasteiger partial charge in [0.05, 0.1) is 12.2 Å². The third kappa shape index (κ3) is 30.5. The third-order valence-electron chi connectivity index (χ3n) is 19.8. The van der Waals surface area contributed by atoms with E-state index in [1.165, 1.54) is 94.6 Å². The van der Waals surface area contributed by atoms with E-state index in [-0.39, 0.29) is 23.0 Å². The van der Waals surface area contributed by atoms with Gasteiger partial charge < -0.3 is 49.7 Å². The van der Waals surface area contributed by atoms with E-state index in [1.54, 1.807) is 12.1 Å². The second-order valence-electron chi connectivity index (χ2n) is 35.3. The topological polar surface area (TPSA) is 217 Å². The molecule has 484 valence electrons. The number of nitrogens with two attached hydrogens (primary N) is 6. The highest BCUT2D eigenvalue weighted by atomic mass is 16.3. The molecule has 0 radical (unpaired) electrons. The van der Waals surface area contributed by atoms with Gasteiger partial charge in [0.15, 0.2) is 0 Å². The SMILES string of the molecule is CC(C)(C)C1CC(N)C1.CC(C)(C)C1CC(O)C1.CC(C)(C)C1CC1N.CC(C)(C)C1CC1O.CC(C)(C)C1CC2C(N)C2C1.CC(C)(C)c1ccc(N)cc1.CC(C)(C)c1ccc(O)cc1.CC1CCC(N)CC1.C[C@@H]1CCC[C@H](N)C1.